The number of nitrogens with one attached hydrogen (secondary N) is 1. The normalized spacial score (nSPS) is 10.8. The van der Waals surface area contributed by atoms with Crippen molar-refractivity contribution < 1.29 is 4.42 Å². The van der Waals surface area contributed by atoms with Crippen LogP contribution < -0.4 is 5.32 Å². The molecule has 0 aliphatic heterocycles. The monoisotopic (exact) mass is 239 g/mol. The lowest BCUT2D eigenvalue weighted by atomic mass is 10.1. The molecule has 0 atom stereocenters. The van der Waals surface area contributed by atoms with Crippen molar-refractivity contribution in [2.24, 2.45) is 0 Å². The van der Waals surface area contributed by atoms with Crippen LogP contribution >= 0.6 is 0 Å². The number of nitrogens with zero attached hydrogens (tertiary/aromatic N) is 2. The first kappa shape index (κ1) is 10.8. The van der Waals surface area contributed by atoms with Gasteiger partial charge in [-0.2, -0.15) is 4.98 Å². The average Bonchev–Trinajstić information content (AvgIpc) is 2.82. The summed E-state index contributed by atoms with van der Waals surface area (Å²) in [4.78, 5) is 8.55. The molecular weight excluding hydrogens is 226 g/mol. The highest BCUT2D eigenvalue weighted by atomic mass is 16.3. The molecule has 0 saturated heterocycles. The highest BCUT2D eigenvalue weighted by molar-refractivity contribution is 5.73. The lowest BCUT2D eigenvalue weighted by molar-refractivity contribution is 0.619. The Balaban J connectivity index is 2.11. The van der Waals surface area contributed by atoms with Gasteiger partial charge in [-0.25, -0.2) is 4.98 Å². The molecule has 0 spiro atoms. The molecule has 4 heteroatoms. The Morgan fingerprint density at radius 2 is 2.11 bits per heavy atom. The van der Waals surface area contributed by atoms with E-state index in [2.05, 4.69) is 28.3 Å². The standard InChI is InChI=1S/C14H13N3O/c1-9-8-10(5-6-11(9)15-2)14-17-13-12(18-14)4-3-7-16-13/h3-8,15H,1-2H3. The lowest BCUT2D eigenvalue weighted by Crippen LogP contribution is -1.91. The molecule has 0 saturated carbocycles. The SMILES string of the molecule is CNc1ccc(-c2nc3ncccc3o2)cc1C. The van der Waals surface area contributed by atoms with Crippen molar-refractivity contribution in [2.45, 2.75) is 6.92 Å². The van der Waals surface area contributed by atoms with Crippen LogP contribution in [0.2, 0.25) is 0 Å². The van der Waals surface area contributed by atoms with Crippen LogP contribution in [0.3, 0.4) is 0 Å². The molecule has 0 bridgehead atoms. The van der Waals surface area contributed by atoms with Crippen molar-refractivity contribution in [1.82, 2.24) is 9.97 Å². The number of anilines is 1. The summed E-state index contributed by atoms with van der Waals surface area (Å²) in [5.41, 5.74) is 4.58. The molecule has 90 valence electrons. The van der Waals surface area contributed by atoms with E-state index in [1.54, 1.807) is 6.20 Å². The number of oxazole rings is 1. The Bertz CT molecular complexity index is 670. The van der Waals surface area contributed by atoms with Crippen LogP contribution in [0.15, 0.2) is 40.9 Å². The third kappa shape index (κ3) is 1.72. The van der Waals surface area contributed by atoms with Crippen molar-refractivity contribution in [3.63, 3.8) is 0 Å². The van der Waals surface area contributed by atoms with Gasteiger partial charge in [0.2, 0.25) is 5.89 Å². The van der Waals surface area contributed by atoms with E-state index in [1.165, 1.54) is 0 Å². The first-order valence-corrected chi connectivity index (χ1v) is 5.78. The fraction of sp³-hybridized carbons (Fsp3) is 0.143. The maximum absolute atomic E-state index is 5.69. The number of fused-ring (bicyclic) bond motifs is 1. The van der Waals surface area contributed by atoms with Gasteiger partial charge in [-0.05, 0) is 42.8 Å². The molecular formula is C14H13N3O. The maximum atomic E-state index is 5.69. The van der Waals surface area contributed by atoms with Gasteiger partial charge in [-0.1, -0.05) is 0 Å². The van der Waals surface area contributed by atoms with E-state index in [0.29, 0.717) is 17.1 Å². The molecule has 4 nitrogen and oxygen atoms in total. The molecule has 3 aromatic rings. The molecule has 1 N–H and O–H groups in total. The predicted molar refractivity (Wildman–Crippen MR) is 71.5 cm³/mol. The summed E-state index contributed by atoms with van der Waals surface area (Å²) in [5.74, 6) is 0.606. The number of rotatable bonds is 2. The fourth-order valence-corrected chi connectivity index (χ4v) is 1.97. The fourth-order valence-electron chi connectivity index (χ4n) is 1.97. The third-order valence-electron chi connectivity index (χ3n) is 2.91. The molecule has 0 aliphatic carbocycles. The number of hydrogen-bond acceptors (Lipinski definition) is 4. The Kier molecular flexibility index (Phi) is 2.48. The zero-order chi connectivity index (χ0) is 12.5. The van der Waals surface area contributed by atoms with E-state index in [-0.39, 0.29) is 0 Å². The molecule has 1 aromatic carbocycles. The highest BCUT2D eigenvalue weighted by Crippen LogP contribution is 2.26. The summed E-state index contributed by atoms with van der Waals surface area (Å²) < 4.78 is 5.69. The van der Waals surface area contributed by atoms with Crippen molar-refractivity contribution >= 4 is 16.9 Å². The van der Waals surface area contributed by atoms with Crippen LogP contribution in [-0.4, -0.2) is 17.0 Å². The summed E-state index contributed by atoms with van der Waals surface area (Å²) in [7, 11) is 1.91. The predicted octanol–water partition coefficient (Wildman–Crippen LogP) is 3.24. The van der Waals surface area contributed by atoms with E-state index in [0.717, 1.165) is 16.8 Å². The maximum Gasteiger partial charge on any atom is 0.228 e. The van der Waals surface area contributed by atoms with Gasteiger partial charge in [-0.3, -0.25) is 0 Å². The molecule has 2 heterocycles. The molecule has 0 fully saturated rings. The summed E-state index contributed by atoms with van der Waals surface area (Å²) in [5, 5.41) is 3.14. The molecule has 3 rings (SSSR count). The van der Waals surface area contributed by atoms with Gasteiger partial charge in [0.15, 0.2) is 11.2 Å². The first-order valence-electron chi connectivity index (χ1n) is 5.78. The number of aromatic nitrogens is 2. The van der Waals surface area contributed by atoms with E-state index in [9.17, 15) is 0 Å². The van der Waals surface area contributed by atoms with Crippen LogP contribution in [-0.2, 0) is 0 Å². The van der Waals surface area contributed by atoms with Crippen molar-refractivity contribution in [3.05, 3.63) is 42.1 Å². The largest absolute Gasteiger partial charge is 0.434 e. The van der Waals surface area contributed by atoms with E-state index >= 15 is 0 Å². The molecule has 2 aromatic heterocycles. The Labute approximate surface area is 105 Å². The molecule has 18 heavy (non-hydrogen) atoms. The van der Waals surface area contributed by atoms with Crippen LogP contribution in [0.25, 0.3) is 22.7 Å². The van der Waals surface area contributed by atoms with Crippen LogP contribution in [0.5, 0.6) is 0 Å². The summed E-state index contributed by atoms with van der Waals surface area (Å²) >= 11 is 0. The van der Waals surface area contributed by atoms with Gasteiger partial charge in [0.1, 0.15) is 0 Å². The summed E-state index contributed by atoms with van der Waals surface area (Å²) in [6, 6.07) is 9.77. The summed E-state index contributed by atoms with van der Waals surface area (Å²) in [6.07, 6.45) is 1.71. The zero-order valence-corrected chi connectivity index (χ0v) is 10.3. The number of benzene rings is 1. The van der Waals surface area contributed by atoms with Crippen LogP contribution in [0.4, 0.5) is 5.69 Å². The smallest absolute Gasteiger partial charge is 0.228 e. The number of hydrogen-bond donors (Lipinski definition) is 1. The lowest BCUT2D eigenvalue weighted by Gasteiger charge is -2.05. The topological polar surface area (TPSA) is 51.0 Å². The second kappa shape index (κ2) is 4.14. The minimum atomic E-state index is 0.606. The number of pyridine rings is 1. The second-order valence-electron chi connectivity index (χ2n) is 4.12. The van der Waals surface area contributed by atoms with Crippen LogP contribution in [0.1, 0.15) is 5.56 Å². The van der Waals surface area contributed by atoms with Crippen molar-refractivity contribution in [1.29, 1.82) is 0 Å². The minimum Gasteiger partial charge on any atom is -0.434 e. The van der Waals surface area contributed by atoms with Crippen molar-refractivity contribution in [3.8, 4) is 11.5 Å². The molecule has 0 amide bonds. The Hall–Kier alpha value is -2.36. The third-order valence-corrected chi connectivity index (χ3v) is 2.91. The van der Waals surface area contributed by atoms with Gasteiger partial charge in [-0.15, -0.1) is 0 Å². The van der Waals surface area contributed by atoms with Gasteiger partial charge >= 0.3 is 0 Å². The van der Waals surface area contributed by atoms with Crippen LogP contribution in [0, 0.1) is 6.92 Å². The second-order valence-corrected chi connectivity index (χ2v) is 4.12. The minimum absolute atomic E-state index is 0.606. The first-order chi connectivity index (χ1) is 8.78. The molecule has 0 radical (unpaired) electrons. The molecule has 0 unspecified atom stereocenters. The summed E-state index contributed by atoms with van der Waals surface area (Å²) in [6.45, 7) is 2.05. The van der Waals surface area contributed by atoms with Gasteiger partial charge in [0, 0.05) is 24.5 Å². The van der Waals surface area contributed by atoms with Gasteiger partial charge < -0.3 is 9.73 Å². The number of aryl methyl sites for hydroxylation is 1. The zero-order valence-electron chi connectivity index (χ0n) is 10.3. The van der Waals surface area contributed by atoms with E-state index < -0.39 is 0 Å². The quantitative estimate of drug-likeness (QED) is 0.745. The van der Waals surface area contributed by atoms with Crippen molar-refractivity contribution in [2.75, 3.05) is 12.4 Å². The van der Waals surface area contributed by atoms with Gasteiger partial charge in [0.25, 0.3) is 0 Å². The van der Waals surface area contributed by atoms with Gasteiger partial charge in [0.05, 0.1) is 0 Å². The Morgan fingerprint density at radius 3 is 2.83 bits per heavy atom. The van der Waals surface area contributed by atoms with E-state index in [1.807, 2.05) is 31.3 Å². The Morgan fingerprint density at radius 1 is 1.22 bits per heavy atom. The molecule has 0 aliphatic rings. The van der Waals surface area contributed by atoms with E-state index in [4.69, 9.17) is 4.42 Å². The highest BCUT2D eigenvalue weighted by Gasteiger charge is 2.09. The average molecular weight is 239 g/mol.